The summed E-state index contributed by atoms with van der Waals surface area (Å²) in [7, 11) is 0. The lowest BCUT2D eigenvalue weighted by Crippen LogP contribution is -2.34. The van der Waals surface area contributed by atoms with E-state index in [0.717, 1.165) is 17.7 Å². The van der Waals surface area contributed by atoms with Crippen LogP contribution in [0.15, 0.2) is 35.7 Å². The summed E-state index contributed by atoms with van der Waals surface area (Å²) in [5, 5.41) is 1.87. The Balaban J connectivity index is 1.75. The molecule has 1 aliphatic rings. The second-order valence-electron chi connectivity index (χ2n) is 6.29. The third-order valence-corrected chi connectivity index (χ3v) is 5.34. The summed E-state index contributed by atoms with van der Waals surface area (Å²) in [6, 6.07) is 4.51. The molecule has 1 amide bonds. The first-order chi connectivity index (χ1) is 13.1. The predicted molar refractivity (Wildman–Crippen MR) is 89.9 cm³/mol. The number of nitrogens with zero attached hydrogens (tertiary/aromatic N) is 1. The Morgan fingerprint density at radius 1 is 1.11 bits per heavy atom. The fourth-order valence-electron chi connectivity index (χ4n) is 3.08. The van der Waals surface area contributed by atoms with Crippen LogP contribution in [-0.4, -0.2) is 24.0 Å². The van der Waals surface area contributed by atoms with Crippen LogP contribution in [0, 0.1) is 0 Å². The van der Waals surface area contributed by atoms with Crippen LogP contribution in [0.4, 0.5) is 26.3 Å². The van der Waals surface area contributed by atoms with Crippen molar-refractivity contribution in [3.05, 3.63) is 51.7 Å². The summed E-state index contributed by atoms with van der Waals surface area (Å²) in [6.07, 6.45) is -8.44. The van der Waals surface area contributed by atoms with Gasteiger partial charge in [0.05, 0.1) is 17.2 Å². The Morgan fingerprint density at radius 2 is 1.75 bits per heavy atom. The van der Waals surface area contributed by atoms with Crippen molar-refractivity contribution in [2.24, 2.45) is 0 Å². The fourth-order valence-corrected chi connectivity index (χ4v) is 3.95. The second-order valence-corrected chi connectivity index (χ2v) is 7.27. The van der Waals surface area contributed by atoms with Crippen molar-refractivity contribution in [3.63, 3.8) is 0 Å². The molecule has 3 rings (SSSR count). The zero-order valence-electron chi connectivity index (χ0n) is 14.3. The number of hydrogen-bond acceptors (Lipinski definition) is 3. The molecular formula is C18H15F6NO2S. The number of hydrogen-bond donors (Lipinski definition) is 0. The number of alkyl halides is 6. The Labute approximate surface area is 160 Å². The molecular weight excluding hydrogens is 408 g/mol. The van der Waals surface area contributed by atoms with E-state index in [9.17, 15) is 31.1 Å². The quantitative estimate of drug-likeness (QED) is 0.606. The molecule has 1 unspecified atom stereocenters. The van der Waals surface area contributed by atoms with Gasteiger partial charge in [0.1, 0.15) is 5.75 Å². The maximum atomic E-state index is 12.9. The van der Waals surface area contributed by atoms with Gasteiger partial charge in [0, 0.05) is 11.4 Å². The lowest BCUT2D eigenvalue weighted by Gasteiger charge is -2.24. The smallest absolute Gasteiger partial charge is 0.416 e. The van der Waals surface area contributed by atoms with E-state index >= 15 is 0 Å². The molecule has 1 aromatic heterocycles. The number of carbonyl (C=O) groups is 1. The Morgan fingerprint density at radius 3 is 2.29 bits per heavy atom. The SMILES string of the molecule is O=C(COc1cc(C(F)(F)F)cc(C(F)(F)F)c1)N1CCCC1c1cccs1. The van der Waals surface area contributed by atoms with Crippen molar-refractivity contribution in [3.8, 4) is 5.75 Å². The number of halogens is 6. The van der Waals surface area contributed by atoms with Gasteiger partial charge in [-0.25, -0.2) is 0 Å². The second kappa shape index (κ2) is 7.65. The van der Waals surface area contributed by atoms with Gasteiger partial charge in [-0.05, 0) is 42.5 Å². The third kappa shape index (κ3) is 4.60. The van der Waals surface area contributed by atoms with Crippen molar-refractivity contribution in [2.45, 2.75) is 31.2 Å². The highest BCUT2D eigenvalue weighted by Crippen LogP contribution is 2.38. The standard InChI is InChI=1S/C18H15F6NO2S/c19-17(20,21)11-7-12(18(22,23)24)9-13(8-11)27-10-16(26)25-5-1-3-14(25)15-4-2-6-28-15/h2,4,6-9,14H,1,3,5,10H2. The normalized spacial score (nSPS) is 17.8. The van der Waals surface area contributed by atoms with E-state index < -0.39 is 41.7 Å². The Bertz CT molecular complexity index is 799. The maximum Gasteiger partial charge on any atom is 0.416 e. The zero-order chi connectivity index (χ0) is 20.5. The number of ether oxygens (including phenoxy) is 1. The molecule has 1 aliphatic heterocycles. The lowest BCUT2D eigenvalue weighted by atomic mass is 10.1. The molecule has 1 aromatic carbocycles. The van der Waals surface area contributed by atoms with Gasteiger partial charge in [-0.2, -0.15) is 26.3 Å². The van der Waals surface area contributed by atoms with Crippen molar-refractivity contribution in [1.29, 1.82) is 0 Å². The van der Waals surface area contributed by atoms with Crippen molar-refractivity contribution in [2.75, 3.05) is 13.2 Å². The molecule has 1 atom stereocenters. The van der Waals surface area contributed by atoms with Crippen LogP contribution in [0.3, 0.4) is 0 Å². The molecule has 2 heterocycles. The Hall–Kier alpha value is -2.23. The minimum absolute atomic E-state index is 0.0158. The fraction of sp³-hybridized carbons (Fsp3) is 0.389. The van der Waals surface area contributed by atoms with Gasteiger partial charge in [0.2, 0.25) is 0 Å². The van der Waals surface area contributed by atoms with E-state index in [1.54, 1.807) is 4.90 Å². The summed E-state index contributed by atoms with van der Waals surface area (Å²) < 4.78 is 82.4. The van der Waals surface area contributed by atoms with Crippen LogP contribution in [0.5, 0.6) is 5.75 Å². The first-order valence-corrected chi connectivity index (χ1v) is 9.19. The van der Waals surface area contributed by atoms with Crippen molar-refractivity contribution in [1.82, 2.24) is 4.90 Å². The number of amides is 1. The summed E-state index contributed by atoms with van der Waals surface area (Å²) in [5.74, 6) is -1.13. The average molecular weight is 423 g/mol. The van der Waals surface area contributed by atoms with E-state index in [1.165, 1.54) is 11.3 Å². The third-order valence-electron chi connectivity index (χ3n) is 4.37. The number of thiophene rings is 1. The van der Waals surface area contributed by atoms with Gasteiger partial charge in [0.25, 0.3) is 5.91 Å². The van der Waals surface area contributed by atoms with Crippen LogP contribution >= 0.6 is 11.3 Å². The van der Waals surface area contributed by atoms with Crippen LogP contribution in [0.1, 0.15) is 34.9 Å². The molecule has 0 spiro atoms. The van der Waals surface area contributed by atoms with E-state index in [4.69, 9.17) is 4.74 Å². The molecule has 3 nitrogen and oxygen atoms in total. The van der Waals surface area contributed by atoms with E-state index in [1.807, 2.05) is 17.5 Å². The molecule has 0 bridgehead atoms. The molecule has 1 saturated heterocycles. The molecule has 152 valence electrons. The van der Waals surface area contributed by atoms with Gasteiger partial charge < -0.3 is 9.64 Å². The molecule has 28 heavy (non-hydrogen) atoms. The predicted octanol–water partition coefficient (Wildman–Crippen LogP) is 5.53. The van der Waals surface area contributed by atoms with Gasteiger partial charge in [-0.1, -0.05) is 6.07 Å². The van der Waals surface area contributed by atoms with Crippen LogP contribution in [0.2, 0.25) is 0 Å². The largest absolute Gasteiger partial charge is 0.484 e. The molecule has 0 N–H and O–H groups in total. The Kier molecular flexibility index (Phi) is 5.60. The molecule has 1 fully saturated rings. The molecule has 0 saturated carbocycles. The lowest BCUT2D eigenvalue weighted by molar-refractivity contribution is -0.143. The highest BCUT2D eigenvalue weighted by Gasteiger charge is 2.37. The highest BCUT2D eigenvalue weighted by molar-refractivity contribution is 7.10. The first kappa shape index (κ1) is 20.5. The van der Waals surface area contributed by atoms with Gasteiger partial charge >= 0.3 is 12.4 Å². The van der Waals surface area contributed by atoms with E-state index in [-0.39, 0.29) is 12.1 Å². The van der Waals surface area contributed by atoms with Gasteiger partial charge in [-0.3, -0.25) is 4.79 Å². The molecule has 0 radical (unpaired) electrons. The van der Waals surface area contributed by atoms with E-state index in [0.29, 0.717) is 18.7 Å². The minimum atomic E-state index is -4.97. The topological polar surface area (TPSA) is 29.5 Å². The number of benzene rings is 1. The maximum absolute atomic E-state index is 12.9. The van der Waals surface area contributed by atoms with Gasteiger partial charge in [-0.15, -0.1) is 11.3 Å². The monoisotopic (exact) mass is 423 g/mol. The first-order valence-electron chi connectivity index (χ1n) is 8.31. The summed E-state index contributed by atoms with van der Waals surface area (Å²) in [6.45, 7) is -0.179. The van der Waals surface area contributed by atoms with Gasteiger partial charge in [0.15, 0.2) is 6.61 Å². The highest BCUT2D eigenvalue weighted by atomic mass is 32.1. The van der Waals surface area contributed by atoms with Crippen LogP contribution in [-0.2, 0) is 17.1 Å². The molecule has 10 heteroatoms. The zero-order valence-corrected chi connectivity index (χ0v) is 15.1. The number of likely N-dealkylation sites (tertiary alicyclic amines) is 1. The average Bonchev–Trinajstić information content (AvgIpc) is 3.28. The summed E-state index contributed by atoms with van der Waals surface area (Å²) >= 11 is 1.48. The number of rotatable bonds is 4. The summed E-state index contributed by atoms with van der Waals surface area (Å²) in [5.41, 5.74) is -2.97. The van der Waals surface area contributed by atoms with Crippen molar-refractivity contribution < 1.29 is 35.9 Å². The van der Waals surface area contributed by atoms with Crippen LogP contribution in [0.25, 0.3) is 0 Å². The van der Waals surface area contributed by atoms with Crippen LogP contribution < -0.4 is 4.74 Å². The minimum Gasteiger partial charge on any atom is -0.484 e. The summed E-state index contributed by atoms with van der Waals surface area (Å²) in [4.78, 5) is 15.0. The van der Waals surface area contributed by atoms with Crippen molar-refractivity contribution >= 4 is 17.2 Å². The molecule has 0 aliphatic carbocycles. The molecule has 2 aromatic rings. The number of carbonyl (C=O) groups excluding carboxylic acids is 1. The van der Waals surface area contributed by atoms with E-state index in [2.05, 4.69) is 0 Å².